The maximum Gasteiger partial charge on any atom is 0.259 e. The zero-order chi connectivity index (χ0) is 26.2. The van der Waals surface area contributed by atoms with E-state index >= 15 is 0 Å². The number of halogens is 2. The first-order chi connectivity index (χ1) is 16.9. The topological polar surface area (TPSA) is 67.2 Å². The molecule has 2 aromatic carbocycles. The number of hydrogen-bond acceptors (Lipinski definition) is 3. The fourth-order valence-corrected chi connectivity index (χ4v) is 5.07. The zero-order valence-corrected chi connectivity index (χ0v) is 22.1. The van der Waals surface area contributed by atoms with Crippen molar-refractivity contribution in [1.29, 1.82) is 0 Å². The maximum absolute atomic E-state index is 13.6. The summed E-state index contributed by atoms with van der Waals surface area (Å²) in [6, 6.07) is 10.9. The second kappa shape index (κ2) is 10.1. The lowest BCUT2D eigenvalue weighted by molar-refractivity contribution is 0.0623. The van der Waals surface area contributed by atoms with Crippen LogP contribution in [0.3, 0.4) is 0 Å². The molecular weight excluding hydrogens is 479 g/mol. The molecule has 1 fully saturated rings. The van der Waals surface area contributed by atoms with Crippen molar-refractivity contribution in [2.75, 3.05) is 18.4 Å². The van der Waals surface area contributed by atoms with Crippen LogP contribution in [0, 0.1) is 17.7 Å². The average molecular weight is 511 g/mol. The van der Waals surface area contributed by atoms with Crippen molar-refractivity contribution >= 4 is 29.1 Å². The van der Waals surface area contributed by atoms with Crippen LogP contribution in [-0.4, -0.2) is 39.6 Å². The third-order valence-corrected chi connectivity index (χ3v) is 6.71. The fourth-order valence-electron chi connectivity index (χ4n) is 4.87. The van der Waals surface area contributed by atoms with Crippen molar-refractivity contribution in [2.45, 2.75) is 46.6 Å². The Morgan fingerprint density at radius 1 is 1.03 bits per heavy atom. The van der Waals surface area contributed by atoms with E-state index in [2.05, 4.69) is 24.3 Å². The minimum atomic E-state index is -0.412. The predicted molar refractivity (Wildman–Crippen MR) is 141 cm³/mol. The van der Waals surface area contributed by atoms with E-state index in [9.17, 15) is 14.0 Å². The minimum Gasteiger partial charge on any atom is -0.338 e. The van der Waals surface area contributed by atoms with Gasteiger partial charge in [-0.1, -0.05) is 25.4 Å². The Labute approximate surface area is 216 Å². The summed E-state index contributed by atoms with van der Waals surface area (Å²) in [5.74, 6) is -0.0394. The molecule has 2 unspecified atom stereocenters. The number of nitrogens with zero attached hydrogens (tertiary/aromatic N) is 3. The molecule has 6 nitrogen and oxygen atoms in total. The van der Waals surface area contributed by atoms with Gasteiger partial charge in [-0.15, -0.1) is 0 Å². The summed E-state index contributed by atoms with van der Waals surface area (Å²) in [5.41, 5.74) is 2.01. The first-order valence-electron chi connectivity index (χ1n) is 12.2. The number of likely N-dealkylation sites (tertiary alicyclic amines) is 1. The number of carbonyl (C=O) groups is 2. The summed E-state index contributed by atoms with van der Waals surface area (Å²) in [5, 5.41) is 7.70. The highest BCUT2D eigenvalue weighted by atomic mass is 35.5. The summed E-state index contributed by atoms with van der Waals surface area (Å²) in [6.45, 7) is 11.6. The van der Waals surface area contributed by atoms with E-state index in [1.54, 1.807) is 35.0 Å². The fraction of sp³-hybridized carbons (Fsp3) is 0.393. The van der Waals surface area contributed by atoms with Gasteiger partial charge in [0.15, 0.2) is 0 Å². The molecule has 1 aromatic heterocycles. The third kappa shape index (κ3) is 5.46. The molecule has 2 heterocycles. The first kappa shape index (κ1) is 25.9. The van der Waals surface area contributed by atoms with Gasteiger partial charge < -0.3 is 10.2 Å². The van der Waals surface area contributed by atoms with Crippen LogP contribution in [0.15, 0.2) is 48.7 Å². The van der Waals surface area contributed by atoms with Crippen LogP contribution in [0.5, 0.6) is 0 Å². The number of benzene rings is 2. The van der Waals surface area contributed by atoms with Crippen molar-refractivity contribution in [2.24, 2.45) is 11.8 Å². The Morgan fingerprint density at radius 2 is 1.67 bits per heavy atom. The quantitative estimate of drug-likeness (QED) is 0.437. The van der Waals surface area contributed by atoms with Crippen molar-refractivity contribution < 1.29 is 14.0 Å². The average Bonchev–Trinajstić information content (AvgIpc) is 3.26. The molecule has 0 saturated carbocycles. The summed E-state index contributed by atoms with van der Waals surface area (Å²) in [7, 11) is 0. The lowest BCUT2D eigenvalue weighted by Gasteiger charge is -2.35. The van der Waals surface area contributed by atoms with Crippen LogP contribution >= 0.6 is 11.6 Å². The molecule has 1 N–H and O–H groups in total. The van der Waals surface area contributed by atoms with Gasteiger partial charge in [0.05, 0.1) is 33.6 Å². The number of nitrogens with one attached hydrogen (secondary N) is 1. The van der Waals surface area contributed by atoms with Crippen LogP contribution in [0.1, 0.15) is 61.8 Å². The van der Waals surface area contributed by atoms with E-state index in [-0.39, 0.29) is 17.6 Å². The molecule has 0 spiro atoms. The maximum atomic E-state index is 13.6. The van der Waals surface area contributed by atoms with Gasteiger partial charge in [-0.2, -0.15) is 5.10 Å². The van der Waals surface area contributed by atoms with Gasteiger partial charge in [-0.3, -0.25) is 14.3 Å². The summed E-state index contributed by atoms with van der Waals surface area (Å²) in [6.07, 6.45) is 2.60. The second-order valence-electron chi connectivity index (χ2n) is 10.8. The molecule has 2 atom stereocenters. The van der Waals surface area contributed by atoms with Crippen LogP contribution in [-0.2, 0) is 5.54 Å². The van der Waals surface area contributed by atoms with E-state index in [4.69, 9.17) is 11.6 Å². The highest BCUT2D eigenvalue weighted by molar-refractivity contribution is 6.34. The Morgan fingerprint density at radius 3 is 2.28 bits per heavy atom. The van der Waals surface area contributed by atoms with E-state index in [0.717, 1.165) is 6.42 Å². The molecule has 3 aromatic rings. The largest absolute Gasteiger partial charge is 0.338 e. The predicted octanol–water partition coefficient (Wildman–Crippen LogP) is 6.47. The number of rotatable bonds is 4. The van der Waals surface area contributed by atoms with Crippen molar-refractivity contribution in [3.05, 3.63) is 70.6 Å². The molecular formula is C28H32ClFN4O2. The molecule has 36 heavy (non-hydrogen) atoms. The molecule has 1 aliphatic heterocycles. The molecule has 1 aliphatic rings. The molecule has 0 aliphatic carbocycles. The van der Waals surface area contributed by atoms with Gasteiger partial charge in [-0.25, -0.2) is 4.39 Å². The lowest BCUT2D eigenvalue weighted by Crippen LogP contribution is -2.42. The first-order valence-corrected chi connectivity index (χ1v) is 12.6. The lowest BCUT2D eigenvalue weighted by atomic mass is 9.91. The number of amides is 2. The van der Waals surface area contributed by atoms with Gasteiger partial charge in [0.2, 0.25) is 0 Å². The van der Waals surface area contributed by atoms with Gasteiger partial charge in [0.25, 0.3) is 11.8 Å². The summed E-state index contributed by atoms with van der Waals surface area (Å²) >= 11 is 6.40. The number of aromatic nitrogens is 2. The Bertz CT molecular complexity index is 1270. The number of piperidine rings is 1. The van der Waals surface area contributed by atoms with Gasteiger partial charge in [0.1, 0.15) is 5.82 Å². The highest BCUT2D eigenvalue weighted by Gasteiger charge is 2.28. The van der Waals surface area contributed by atoms with Gasteiger partial charge in [0, 0.05) is 24.3 Å². The zero-order valence-electron chi connectivity index (χ0n) is 21.3. The Balaban J connectivity index is 1.64. The SMILES string of the molecule is CC1CC(C)CN(C(=O)c2cc(NC(=O)c3cnn(C(C)(C)C)c3-c3ccc(F)cc3)ccc2Cl)C1. The molecule has 1 saturated heterocycles. The highest BCUT2D eigenvalue weighted by Crippen LogP contribution is 2.31. The second-order valence-corrected chi connectivity index (χ2v) is 11.2. The Hall–Kier alpha value is -3.19. The standard InChI is InChI=1S/C28H32ClFN4O2/c1-17-12-18(2)16-33(15-17)27(36)22-13-21(10-11-24(22)29)32-26(35)23-14-31-34(28(3,4)5)25(23)19-6-8-20(30)9-7-19/h6-11,13-14,17-18H,12,15-16H2,1-5H3,(H,32,35). The smallest absolute Gasteiger partial charge is 0.259 e. The van der Waals surface area contributed by atoms with Crippen LogP contribution in [0.2, 0.25) is 5.02 Å². The monoisotopic (exact) mass is 510 g/mol. The summed E-state index contributed by atoms with van der Waals surface area (Å²) in [4.78, 5) is 28.5. The van der Waals surface area contributed by atoms with Crippen LogP contribution in [0.4, 0.5) is 10.1 Å². The molecule has 8 heteroatoms. The van der Waals surface area contributed by atoms with Crippen LogP contribution in [0.25, 0.3) is 11.3 Å². The normalized spacial score (nSPS) is 18.2. The number of carbonyl (C=O) groups excluding carboxylic acids is 2. The van der Waals surface area contributed by atoms with Crippen molar-refractivity contribution in [1.82, 2.24) is 14.7 Å². The molecule has 2 amide bonds. The van der Waals surface area contributed by atoms with Crippen molar-refractivity contribution in [3.8, 4) is 11.3 Å². The van der Waals surface area contributed by atoms with Crippen molar-refractivity contribution in [3.63, 3.8) is 0 Å². The molecule has 0 radical (unpaired) electrons. The molecule has 190 valence electrons. The third-order valence-electron chi connectivity index (χ3n) is 6.38. The number of anilines is 1. The van der Waals surface area contributed by atoms with E-state index in [1.165, 1.54) is 18.3 Å². The molecule has 4 rings (SSSR count). The van der Waals surface area contributed by atoms with Crippen LogP contribution < -0.4 is 5.32 Å². The van der Waals surface area contributed by atoms with E-state index in [1.807, 2.05) is 25.7 Å². The minimum absolute atomic E-state index is 0.137. The summed E-state index contributed by atoms with van der Waals surface area (Å²) < 4.78 is 15.3. The van der Waals surface area contributed by atoms with Gasteiger partial charge >= 0.3 is 0 Å². The van der Waals surface area contributed by atoms with Gasteiger partial charge in [-0.05, 0) is 81.5 Å². The number of hydrogen-bond donors (Lipinski definition) is 1. The van der Waals surface area contributed by atoms with E-state index in [0.29, 0.717) is 58.0 Å². The van der Waals surface area contributed by atoms with E-state index < -0.39 is 5.54 Å². The Kier molecular flexibility index (Phi) is 7.23. The molecule has 0 bridgehead atoms.